The Morgan fingerprint density at radius 3 is 3.08 bits per heavy atom. The summed E-state index contributed by atoms with van der Waals surface area (Å²) in [4.78, 5) is 8.19. The van der Waals surface area contributed by atoms with E-state index in [1.165, 1.54) is 11.3 Å². The van der Waals surface area contributed by atoms with Crippen LogP contribution in [0.3, 0.4) is 0 Å². The fraction of sp³-hybridized carbons (Fsp3) is 0.167. The molecule has 0 aliphatic carbocycles. The summed E-state index contributed by atoms with van der Waals surface area (Å²) in [6.45, 7) is 0.372. The van der Waals surface area contributed by atoms with Crippen molar-refractivity contribution in [1.29, 1.82) is 0 Å². The van der Waals surface area contributed by atoms with Crippen molar-refractivity contribution < 1.29 is 0 Å². The molecule has 0 atom stereocenters. The molecule has 2 aromatic heterocycles. The van der Waals surface area contributed by atoms with Gasteiger partial charge in [-0.1, -0.05) is 0 Å². The summed E-state index contributed by atoms with van der Waals surface area (Å²) >= 11 is 1.52. The van der Waals surface area contributed by atoms with E-state index < -0.39 is 0 Å². The molecule has 2 rings (SSSR count). The molecule has 62 valence electrons. The Kier molecular flexibility index (Phi) is 1.84. The summed E-state index contributed by atoms with van der Waals surface area (Å²) in [5.74, 6) is 1.29. The lowest BCUT2D eigenvalue weighted by Crippen LogP contribution is -1.97. The highest BCUT2D eigenvalue weighted by molar-refractivity contribution is 7.07. The molecule has 2 aromatic rings. The average molecular weight is 181 g/mol. The first-order valence-corrected chi connectivity index (χ1v) is 4.34. The molecule has 0 radical (unpaired) electrons. The maximum atomic E-state index is 5.36. The van der Waals surface area contributed by atoms with Crippen LogP contribution in [-0.2, 0) is 6.54 Å². The Hall–Kier alpha value is -1.27. The van der Waals surface area contributed by atoms with Gasteiger partial charge in [0.25, 0.3) is 0 Å². The minimum atomic E-state index is 0.372. The predicted octanol–water partition coefficient (Wildman–Crippen LogP) is 0.387. The minimum absolute atomic E-state index is 0.372. The van der Waals surface area contributed by atoms with E-state index in [-0.39, 0.29) is 0 Å². The molecule has 12 heavy (non-hydrogen) atoms. The summed E-state index contributed by atoms with van der Waals surface area (Å²) in [6, 6.07) is 0. The van der Waals surface area contributed by atoms with E-state index in [1.807, 2.05) is 5.38 Å². The summed E-state index contributed by atoms with van der Waals surface area (Å²) in [6.07, 6.45) is 0. The van der Waals surface area contributed by atoms with Crippen LogP contribution >= 0.6 is 11.3 Å². The van der Waals surface area contributed by atoms with Gasteiger partial charge in [0, 0.05) is 5.38 Å². The fourth-order valence-corrected chi connectivity index (χ4v) is 1.35. The maximum absolute atomic E-state index is 5.36. The SMILES string of the molecule is NCc1nc(-c2cscn2)n[nH]1. The van der Waals surface area contributed by atoms with Crippen molar-refractivity contribution in [2.24, 2.45) is 5.73 Å². The highest BCUT2D eigenvalue weighted by Gasteiger charge is 2.05. The maximum Gasteiger partial charge on any atom is 0.200 e. The zero-order valence-corrected chi connectivity index (χ0v) is 7.01. The first kappa shape index (κ1) is 7.38. The van der Waals surface area contributed by atoms with Crippen molar-refractivity contribution >= 4 is 11.3 Å². The largest absolute Gasteiger partial charge is 0.324 e. The molecule has 0 saturated carbocycles. The second-order valence-corrected chi connectivity index (χ2v) is 2.90. The number of nitrogens with two attached hydrogens (primary N) is 1. The monoisotopic (exact) mass is 181 g/mol. The molecule has 0 bridgehead atoms. The van der Waals surface area contributed by atoms with Crippen molar-refractivity contribution in [2.45, 2.75) is 6.54 Å². The van der Waals surface area contributed by atoms with E-state index in [4.69, 9.17) is 5.73 Å². The Morgan fingerprint density at radius 2 is 2.50 bits per heavy atom. The second kappa shape index (κ2) is 3.00. The Labute approximate surface area is 72.7 Å². The summed E-state index contributed by atoms with van der Waals surface area (Å²) in [5.41, 5.74) is 7.90. The van der Waals surface area contributed by atoms with Crippen LogP contribution in [-0.4, -0.2) is 20.2 Å². The quantitative estimate of drug-likeness (QED) is 0.702. The van der Waals surface area contributed by atoms with E-state index in [0.717, 1.165) is 5.69 Å². The van der Waals surface area contributed by atoms with Crippen LogP contribution in [0.2, 0.25) is 0 Å². The third kappa shape index (κ3) is 1.21. The molecule has 0 saturated heterocycles. The van der Waals surface area contributed by atoms with Gasteiger partial charge in [-0.25, -0.2) is 9.97 Å². The Morgan fingerprint density at radius 1 is 1.58 bits per heavy atom. The second-order valence-electron chi connectivity index (χ2n) is 2.18. The highest BCUT2D eigenvalue weighted by Crippen LogP contribution is 2.13. The third-order valence-electron chi connectivity index (χ3n) is 1.39. The molecule has 0 fully saturated rings. The first-order chi connectivity index (χ1) is 5.90. The topological polar surface area (TPSA) is 80.5 Å². The van der Waals surface area contributed by atoms with Gasteiger partial charge in [0.1, 0.15) is 11.5 Å². The standard InChI is InChI=1S/C6H7N5S/c7-1-5-9-6(11-10-5)4-2-12-3-8-4/h2-3H,1,7H2,(H,9,10,11). The molecule has 0 amide bonds. The van der Waals surface area contributed by atoms with Crippen molar-refractivity contribution in [3.8, 4) is 11.5 Å². The van der Waals surface area contributed by atoms with Crippen LogP contribution in [0.5, 0.6) is 0 Å². The number of thiazole rings is 1. The number of hydrogen-bond acceptors (Lipinski definition) is 5. The van der Waals surface area contributed by atoms with E-state index in [2.05, 4.69) is 20.2 Å². The van der Waals surface area contributed by atoms with Gasteiger partial charge >= 0.3 is 0 Å². The number of H-pyrrole nitrogens is 1. The molecular weight excluding hydrogens is 174 g/mol. The lowest BCUT2D eigenvalue weighted by Gasteiger charge is -1.83. The molecule has 0 aliphatic rings. The third-order valence-corrected chi connectivity index (χ3v) is 1.97. The number of aromatic amines is 1. The first-order valence-electron chi connectivity index (χ1n) is 3.40. The zero-order chi connectivity index (χ0) is 8.39. The summed E-state index contributed by atoms with van der Waals surface area (Å²) < 4.78 is 0. The number of rotatable bonds is 2. The van der Waals surface area contributed by atoms with Gasteiger partial charge in [-0.2, -0.15) is 5.10 Å². The van der Waals surface area contributed by atoms with Gasteiger partial charge in [-0.3, -0.25) is 5.10 Å². The van der Waals surface area contributed by atoms with Crippen molar-refractivity contribution in [3.63, 3.8) is 0 Å². The van der Waals surface area contributed by atoms with Crippen LogP contribution in [0.15, 0.2) is 10.9 Å². The van der Waals surface area contributed by atoms with E-state index in [0.29, 0.717) is 18.2 Å². The molecular formula is C6H7N5S. The van der Waals surface area contributed by atoms with Crippen LogP contribution in [0.25, 0.3) is 11.5 Å². The smallest absolute Gasteiger partial charge is 0.200 e. The van der Waals surface area contributed by atoms with Crippen molar-refractivity contribution in [1.82, 2.24) is 20.2 Å². The van der Waals surface area contributed by atoms with Crippen LogP contribution < -0.4 is 5.73 Å². The van der Waals surface area contributed by atoms with Crippen molar-refractivity contribution in [2.75, 3.05) is 0 Å². The van der Waals surface area contributed by atoms with E-state index in [9.17, 15) is 0 Å². The van der Waals surface area contributed by atoms with Gasteiger partial charge in [-0.05, 0) is 0 Å². The van der Waals surface area contributed by atoms with Gasteiger partial charge in [0.15, 0.2) is 0 Å². The molecule has 3 N–H and O–H groups in total. The average Bonchev–Trinajstić information content (AvgIpc) is 2.75. The van der Waals surface area contributed by atoms with E-state index in [1.54, 1.807) is 5.51 Å². The molecule has 0 spiro atoms. The molecule has 0 aliphatic heterocycles. The lowest BCUT2D eigenvalue weighted by molar-refractivity contribution is 0.917. The predicted molar refractivity (Wildman–Crippen MR) is 45.4 cm³/mol. The number of nitrogens with zero attached hydrogens (tertiary/aromatic N) is 3. The zero-order valence-electron chi connectivity index (χ0n) is 6.19. The van der Waals surface area contributed by atoms with E-state index >= 15 is 0 Å². The fourth-order valence-electron chi connectivity index (χ4n) is 0.824. The molecule has 5 nitrogen and oxygen atoms in total. The van der Waals surface area contributed by atoms with Crippen LogP contribution in [0.4, 0.5) is 0 Å². The summed E-state index contributed by atoms with van der Waals surface area (Å²) in [5, 5.41) is 8.57. The molecule has 6 heteroatoms. The number of hydrogen-bond donors (Lipinski definition) is 2. The Balaban J connectivity index is 2.35. The van der Waals surface area contributed by atoms with Gasteiger partial charge in [0.05, 0.1) is 12.1 Å². The van der Waals surface area contributed by atoms with Crippen LogP contribution in [0, 0.1) is 0 Å². The lowest BCUT2D eigenvalue weighted by atomic mass is 10.5. The van der Waals surface area contributed by atoms with Gasteiger partial charge in [0.2, 0.25) is 5.82 Å². The molecule has 2 heterocycles. The van der Waals surface area contributed by atoms with Crippen molar-refractivity contribution in [3.05, 3.63) is 16.7 Å². The van der Waals surface area contributed by atoms with Crippen LogP contribution in [0.1, 0.15) is 5.82 Å². The Bertz CT molecular complexity index is 352. The minimum Gasteiger partial charge on any atom is -0.324 e. The highest BCUT2D eigenvalue weighted by atomic mass is 32.1. The van der Waals surface area contributed by atoms with Gasteiger partial charge in [-0.15, -0.1) is 11.3 Å². The number of aromatic nitrogens is 4. The van der Waals surface area contributed by atoms with Gasteiger partial charge < -0.3 is 5.73 Å². The molecule has 0 aromatic carbocycles. The normalized spacial score (nSPS) is 10.4. The molecule has 0 unspecified atom stereocenters. The number of nitrogens with one attached hydrogen (secondary N) is 1. The summed E-state index contributed by atoms with van der Waals surface area (Å²) in [7, 11) is 0.